The van der Waals surface area contributed by atoms with Crippen LogP contribution in [0.5, 0.6) is 11.5 Å². The van der Waals surface area contributed by atoms with Gasteiger partial charge in [0.2, 0.25) is 0 Å². The maximum absolute atomic E-state index is 12.0. The van der Waals surface area contributed by atoms with Crippen LogP contribution in [0.15, 0.2) is 17.7 Å². The van der Waals surface area contributed by atoms with E-state index in [1.54, 1.807) is 6.92 Å². The number of phenolic OH excluding ortho intramolecular Hbond substituents is 1. The number of nitrogens with zero attached hydrogens (tertiary/aromatic N) is 2. The molecule has 2 rings (SSSR count). The number of hydrogen-bond donors (Lipinski definition) is 2. The number of nitrogens with one attached hydrogen (secondary N) is 1. The van der Waals surface area contributed by atoms with Crippen molar-refractivity contribution in [3.05, 3.63) is 33.4 Å². The predicted molar refractivity (Wildman–Crippen MR) is 80.2 cm³/mol. The molecule has 2 N–H and O–H groups in total. The molecule has 126 valence electrons. The third kappa shape index (κ3) is 3.02. The third-order valence-corrected chi connectivity index (χ3v) is 3.20. The zero-order chi connectivity index (χ0) is 18.0. The van der Waals surface area contributed by atoms with Crippen LogP contribution in [0.2, 0.25) is 0 Å². The lowest BCUT2D eigenvalue weighted by Gasteiger charge is -2.22. The summed E-state index contributed by atoms with van der Waals surface area (Å²) in [4.78, 5) is 46.1. The van der Waals surface area contributed by atoms with Crippen LogP contribution in [0.25, 0.3) is 6.08 Å². The number of aromatic hydroxyl groups is 1. The molecule has 10 nitrogen and oxygen atoms in total. The summed E-state index contributed by atoms with van der Waals surface area (Å²) in [7, 11) is 1.16. The van der Waals surface area contributed by atoms with E-state index in [1.807, 2.05) is 5.32 Å². The van der Waals surface area contributed by atoms with Gasteiger partial charge in [-0.15, -0.1) is 0 Å². The van der Waals surface area contributed by atoms with Crippen LogP contribution in [0.3, 0.4) is 0 Å². The van der Waals surface area contributed by atoms with Gasteiger partial charge >= 0.3 is 6.03 Å². The highest BCUT2D eigenvalue weighted by atomic mass is 16.6. The summed E-state index contributed by atoms with van der Waals surface area (Å²) in [6, 6.07) is 1.13. The molecular weight excluding hydrogens is 322 g/mol. The Bertz CT molecular complexity index is 785. The fraction of sp³-hybridized carbons (Fsp3) is 0.214. The van der Waals surface area contributed by atoms with Crippen molar-refractivity contribution in [1.82, 2.24) is 10.2 Å². The van der Waals surface area contributed by atoms with Crippen molar-refractivity contribution in [2.45, 2.75) is 6.92 Å². The molecule has 0 saturated carbocycles. The summed E-state index contributed by atoms with van der Waals surface area (Å²) in [6.45, 7) is 1.76. The second-order valence-electron chi connectivity index (χ2n) is 4.75. The van der Waals surface area contributed by atoms with Crippen molar-refractivity contribution >= 4 is 29.6 Å². The Labute approximate surface area is 135 Å². The van der Waals surface area contributed by atoms with Crippen LogP contribution in [0, 0.1) is 10.1 Å². The predicted octanol–water partition coefficient (Wildman–Crippen LogP) is 0.791. The van der Waals surface area contributed by atoms with Crippen molar-refractivity contribution in [1.29, 1.82) is 0 Å². The Morgan fingerprint density at radius 3 is 2.62 bits per heavy atom. The Morgan fingerprint density at radius 2 is 2.04 bits per heavy atom. The minimum Gasteiger partial charge on any atom is -0.504 e. The van der Waals surface area contributed by atoms with Crippen molar-refractivity contribution in [2.75, 3.05) is 13.7 Å². The molecule has 0 aliphatic carbocycles. The first kappa shape index (κ1) is 16.9. The van der Waals surface area contributed by atoms with E-state index in [-0.39, 0.29) is 17.9 Å². The molecule has 1 fully saturated rings. The van der Waals surface area contributed by atoms with E-state index in [1.165, 1.54) is 0 Å². The maximum Gasteiger partial charge on any atom is 0.331 e. The quantitative estimate of drug-likeness (QED) is 0.359. The van der Waals surface area contributed by atoms with Crippen molar-refractivity contribution in [3.63, 3.8) is 0 Å². The Morgan fingerprint density at radius 1 is 1.38 bits per heavy atom. The number of imide groups is 2. The largest absolute Gasteiger partial charge is 0.504 e. The molecule has 24 heavy (non-hydrogen) atoms. The number of carbonyl (C=O) groups excluding carboxylic acids is 3. The second-order valence-corrected chi connectivity index (χ2v) is 4.75. The fourth-order valence-corrected chi connectivity index (χ4v) is 2.00. The van der Waals surface area contributed by atoms with E-state index in [0.29, 0.717) is 4.90 Å². The van der Waals surface area contributed by atoms with Gasteiger partial charge < -0.3 is 9.84 Å². The lowest BCUT2D eigenvalue weighted by Crippen LogP contribution is -2.52. The van der Waals surface area contributed by atoms with E-state index < -0.39 is 39.8 Å². The summed E-state index contributed by atoms with van der Waals surface area (Å²) in [6.07, 6.45) is 0.964. The molecule has 1 saturated heterocycles. The molecular formula is C14H13N3O7. The molecule has 0 radical (unpaired) electrons. The van der Waals surface area contributed by atoms with Crippen LogP contribution in [0.1, 0.15) is 12.5 Å². The smallest absolute Gasteiger partial charge is 0.331 e. The fourth-order valence-electron chi connectivity index (χ4n) is 2.00. The average Bonchev–Trinajstić information content (AvgIpc) is 2.52. The number of hydrogen-bond acceptors (Lipinski definition) is 7. The Balaban J connectivity index is 2.58. The molecule has 1 aliphatic rings. The number of carbonyl (C=O) groups is 3. The number of amides is 4. The van der Waals surface area contributed by atoms with E-state index in [2.05, 4.69) is 0 Å². The molecule has 10 heteroatoms. The lowest BCUT2D eigenvalue weighted by atomic mass is 10.1. The monoisotopic (exact) mass is 335 g/mol. The van der Waals surface area contributed by atoms with Crippen LogP contribution in [-0.4, -0.2) is 46.4 Å². The summed E-state index contributed by atoms with van der Waals surface area (Å²) in [5.74, 6) is -2.48. The Kier molecular flexibility index (Phi) is 4.49. The van der Waals surface area contributed by atoms with Gasteiger partial charge in [0.1, 0.15) is 5.57 Å². The van der Waals surface area contributed by atoms with E-state index in [9.17, 15) is 29.6 Å². The zero-order valence-corrected chi connectivity index (χ0v) is 12.7. The molecule has 0 bridgehead atoms. The molecule has 1 aromatic carbocycles. The summed E-state index contributed by atoms with van der Waals surface area (Å²) in [5.41, 5.74) is -1.000. The van der Waals surface area contributed by atoms with Gasteiger partial charge in [0, 0.05) is 18.7 Å². The van der Waals surface area contributed by atoms with Gasteiger partial charge in [0.15, 0.2) is 11.5 Å². The normalized spacial score (nSPS) is 16.3. The maximum atomic E-state index is 12.0. The summed E-state index contributed by atoms with van der Waals surface area (Å²) < 4.78 is 5.12. The van der Waals surface area contributed by atoms with Gasteiger partial charge in [-0.1, -0.05) is 0 Å². The number of urea groups is 1. The summed E-state index contributed by atoms with van der Waals surface area (Å²) in [5, 5.41) is 23.1. The van der Waals surface area contributed by atoms with Crippen molar-refractivity contribution in [2.24, 2.45) is 0 Å². The average molecular weight is 335 g/mol. The molecule has 1 heterocycles. The number of likely N-dealkylation sites (N-methyl/N-ethyl adjacent to an activating group) is 1. The molecule has 1 aromatic rings. The van der Waals surface area contributed by atoms with Crippen LogP contribution >= 0.6 is 0 Å². The van der Waals surface area contributed by atoms with Gasteiger partial charge in [-0.3, -0.25) is 29.9 Å². The minimum absolute atomic E-state index is 0.140. The van der Waals surface area contributed by atoms with Gasteiger partial charge in [-0.05, 0) is 13.0 Å². The van der Waals surface area contributed by atoms with Crippen molar-refractivity contribution in [3.8, 4) is 11.5 Å². The molecule has 0 atom stereocenters. The summed E-state index contributed by atoms with van der Waals surface area (Å²) >= 11 is 0. The highest BCUT2D eigenvalue weighted by Crippen LogP contribution is 2.36. The van der Waals surface area contributed by atoms with Gasteiger partial charge in [-0.25, -0.2) is 4.79 Å². The van der Waals surface area contributed by atoms with E-state index in [0.717, 1.165) is 25.3 Å². The van der Waals surface area contributed by atoms with Gasteiger partial charge in [-0.2, -0.15) is 0 Å². The Hall–Kier alpha value is -3.43. The zero-order valence-electron chi connectivity index (χ0n) is 12.7. The standard InChI is InChI=1S/C14H13N3O7/c1-3-24-10-6-8(17(22)23)4-7(11(10)18)5-9-12(19)15-14(21)16(2)13(9)20/h4-6,18H,3H2,1-2H3,(H,15,19,21)/b9-5-. The molecule has 0 aromatic heterocycles. The van der Waals surface area contributed by atoms with E-state index in [4.69, 9.17) is 4.74 Å². The minimum atomic E-state index is -0.966. The first-order chi connectivity index (χ1) is 11.3. The molecule has 0 spiro atoms. The van der Waals surface area contributed by atoms with Crippen LogP contribution in [0.4, 0.5) is 10.5 Å². The number of non-ortho nitro benzene ring substituents is 1. The highest BCUT2D eigenvalue weighted by Gasteiger charge is 2.33. The second kappa shape index (κ2) is 6.36. The third-order valence-electron chi connectivity index (χ3n) is 3.20. The number of rotatable bonds is 4. The van der Waals surface area contributed by atoms with Gasteiger partial charge in [0.25, 0.3) is 17.5 Å². The molecule has 1 aliphatic heterocycles. The number of phenols is 1. The number of nitro groups is 1. The van der Waals surface area contributed by atoms with Crippen LogP contribution in [-0.2, 0) is 9.59 Å². The van der Waals surface area contributed by atoms with E-state index >= 15 is 0 Å². The first-order valence-electron chi connectivity index (χ1n) is 6.75. The number of benzene rings is 1. The van der Waals surface area contributed by atoms with Gasteiger partial charge in [0.05, 0.1) is 17.6 Å². The highest BCUT2D eigenvalue weighted by molar-refractivity contribution is 6.30. The first-order valence-corrected chi connectivity index (χ1v) is 6.75. The number of ether oxygens (including phenoxy) is 1. The number of nitro benzene ring substituents is 1. The van der Waals surface area contributed by atoms with Crippen LogP contribution < -0.4 is 10.1 Å². The lowest BCUT2D eigenvalue weighted by molar-refractivity contribution is -0.385. The number of barbiturate groups is 1. The van der Waals surface area contributed by atoms with Crippen molar-refractivity contribution < 1.29 is 29.2 Å². The molecule has 0 unspecified atom stereocenters. The topological polar surface area (TPSA) is 139 Å². The molecule has 4 amide bonds. The SMILES string of the molecule is CCOc1cc([N+](=O)[O-])cc(/C=C2/C(=O)NC(=O)N(C)C2=O)c1O.